The van der Waals surface area contributed by atoms with Gasteiger partial charge in [0.15, 0.2) is 0 Å². The number of nitrogens with one attached hydrogen (secondary N) is 1. The number of nitrogens with zero attached hydrogens (tertiary/aromatic N) is 1. The highest BCUT2D eigenvalue weighted by Gasteiger charge is 2.22. The second-order valence-electron chi connectivity index (χ2n) is 9.96. The van der Waals surface area contributed by atoms with Crippen LogP contribution in [-0.2, 0) is 33.1 Å². The monoisotopic (exact) mass is 574 g/mol. The van der Waals surface area contributed by atoms with Crippen LogP contribution in [0, 0.1) is 0 Å². The van der Waals surface area contributed by atoms with Gasteiger partial charge in [-0.3, -0.25) is 9.11 Å². The second-order valence-corrected chi connectivity index (χ2v) is 13.8. The number of benzene rings is 1. The highest BCUT2D eigenvalue weighted by molar-refractivity contribution is 7.86. The fourth-order valence-electron chi connectivity index (χ4n) is 4.46. The van der Waals surface area contributed by atoms with Gasteiger partial charge in [0.1, 0.15) is 5.82 Å². The molecule has 0 aliphatic rings. The molecule has 0 saturated carbocycles. The van der Waals surface area contributed by atoms with Crippen molar-refractivity contribution in [2.24, 2.45) is 0 Å². The Bertz CT molecular complexity index is 1220. The van der Waals surface area contributed by atoms with Crippen LogP contribution in [0.5, 0.6) is 0 Å². The third-order valence-corrected chi connectivity index (χ3v) is 9.31. The van der Waals surface area contributed by atoms with E-state index in [2.05, 4.69) is 16.9 Å². The Balaban J connectivity index is 1.94. The van der Waals surface area contributed by atoms with Crippen LogP contribution in [-0.4, -0.2) is 46.0 Å². The number of H-pyrrole nitrogens is 1. The van der Waals surface area contributed by atoms with Gasteiger partial charge in [0.2, 0.25) is 0 Å². The van der Waals surface area contributed by atoms with Crippen LogP contribution in [0.25, 0.3) is 11.0 Å². The van der Waals surface area contributed by atoms with Crippen molar-refractivity contribution < 1.29 is 25.9 Å². The lowest BCUT2D eigenvalue weighted by atomic mass is 10.0. The van der Waals surface area contributed by atoms with Crippen LogP contribution in [0.1, 0.15) is 109 Å². The van der Waals surface area contributed by atoms with Crippen LogP contribution in [0.2, 0.25) is 0 Å². The summed E-state index contributed by atoms with van der Waals surface area (Å²) in [5, 5.41) is -0.952. The molecule has 1 aromatic carbocycles. The molecular weight excluding hydrogens is 532 g/mol. The quantitative estimate of drug-likeness (QED) is 0.0965. The summed E-state index contributed by atoms with van der Waals surface area (Å²) in [7, 11) is -8.62. The van der Waals surface area contributed by atoms with Gasteiger partial charge in [-0.2, -0.15) is 16.8 Å². The number of imidazole rings is 1. The van der Waals surface area contributed by atoms with Crippen molar-refractivity contribution in [2.75, 3.05) is 0 Å². The van der Waals surface area contributed by atoms with E-state index in [1.807, 2.05) is 0 Å². The number of thiocarbonyl (C=S) groups is 1. The zero-order valence-corrected chi connectivity index (χ0v) is 24.5. The summed E-state index contributed by atoms with van der Waals surface area (Å²) in [6.45, 7) is 3.64. The molecule has 0 bridgehead atoms. The number of fused-ring (bicyclic) bond motifs is 1. The molecule has 0 fully saturated rings. The molecule has 1 heterocycles. The molecule has 11 heteroatoms. The lowest BCUT2D eigenvalue weighted by Gasteiger charge is -2.09. The van der Waals surface area contributed by atoms with Crippen molar-refractivity contribution in [3.8, 4) is 0 Å². The molecular formula is C26H42N2O6S3. The van der Waals surface area contributed by atoms with Gasteiger partial charge < -0.3 is 4.98 Å². The van der Waals surface area contributed by atoms with E-state index in [9.17, 15) is 25.9 Å². The maximum atomic E-state index is 12.0. The smallest absolute Gasteiger partial charge is 0.294 e. The predicted octanol–water partition coefficient (Wildman–Crippen LogP) is 6.63. The molecule has 1 aromatic heterocycles. The highest BCUT2D eigenvalue weighted by Crippen LogP contribution is 2.27. The van der Waals surface area contributed by atoms with Crippen LogP contribution in [0.3, 0.4) is 0 Å². The lowest BCUT2D eigenvalue weighted by Crippen LogP contribution is -2.17. The minimum atomic E-state index is -4.48. The van der Waals surface area contributed by atoms with Gasteiger partial charge in [-0.25, -0.2) is 4.98 Å². The topological polar surface area (TPSA) is 137 Å². The maximum absolute atomic E-state index is 12.0. The summed E-state index contributed by atoms with van der Waals surface area (Å²) in [6.07, 6.45) is 14.8. The van der Waals surface area contributed by atoms with Gasteiger partial charge in [-0.05, 0) is 43.2 Å². The highest BCUT2D eigenvalue weighted by atomic mass is 32.2. The predicted molar refractivity (Wildman–Crippen MR) is 153 cm³/mol. The fourth-order valence-corrected chi connectivity index (χ4v) is 5.88. The number of hydrogen-bond acceptors (Lipinski definition) is 6. The SMILES string of the molecule is CCCCCCCCCCCCCC(=S)Cc1c(S(=O)(=O)O)ccc2[nH]c(CCC(C)S(=O)(=O)O)nc12. The number of aromatic nitrogens is 2. The van der Waals surface area contributed by atoms with Gasteiger partial charge in [-0.15, -0.1) is 0 Å². The van der Waals surface area contributed by atoms with Gasteiger partial charge in [0, 0.05) is 18.4 Å². The van der Waals surface area contributed by atoms with Crippen molar-refractivity contribution in [3.05, 3.63) is 23.5 Å². The first-order valence-electron chi connectivity index (χ1n) is 13.4. The molecule has 1 unspecified atom stereocenters. The molecule has 0 spiro atoms. The van der Waals surface area contributed by atoms with Crippen molar-refractivity contribution in [3.63, 3.8) is 0 Å². The molecule has 0 aliphatic heterocycles. The van der Waals surface area contributed by atoms with Gasteiger partial charge in [0.25, 0.3) is 20.2 Å². The number of hydrogen-bond donors (Lipinski definition) is 3. The Kier molecular flexibility index (Phi) is 13.1. The largest absolute Gasteiger partial charge is 0.342 e. The van der Waals surface area contributed by atoms with Gasteiger partial charge in [0.05, 0.1) is 21.2 Å². The van der Waals surface area contributed by atoms with Gasteiger partial charge in [-0.1, -0.05) is 83.3 Å². The molecule has 37 heavy (non-hydrogen) atoms. The third kappa shape index (κ3) is 11.1. The Hall–Kier alpha value is -1.40. The summed E-state index contributed by atoms with van der Waals surface area (Å²) >= 11 is 5.58. The third-order valence-electron chi connectivity index (χ3n) is 6.77. The molecule has 0 amide bonds. The lowest BCUT2D eigenvalue weighted by molar-refractivity contribution is 0.465. The number of aromatic amines is 1. The van der Waals surface area contributed by atoms with Crippen molar-refractivity contribution in [1.29, 1.82) is 0 Å². The molecule has 2 rings (SSSR count). The molecule has 0 aliphatic carbocycles. The Morgan fingerprint density at radius 2 is 1.51 bits per heavy atom. The van der Waals surface area contributed by atoms with Crippen molar-refractivity contribution >= 4 is 48.4 Å². The van der Waals surface area contributed by atoms with E-state index < -0.39 is 25.5 Å². The number of rotatable bonds is 19. The van der Waals surface area contributed by atoms with E-state index in [4.69, 9.17) is 12.2 Å². The molecule has 0 radical (unpaired) electrons. The van der Waals surface area contributed by atoms with E-state index in [-0.39, 0.29) is 24.2 Å². The molecule has 2 aromatic rings. The Labute approximate surface area is 227 Å². The zero-order valence-electron chi connectivity index (χ0n) is 22.0. The molecule has 8 nitrogen and oxygen atoms in total. The van der Waals surface area contributed by atoms with E-state index in [1.54, 1.807) is 0 Å². The molecule has 1 atom stereocenters. The van der Waals surface area contributed by atoms with Crippen LogP contribution >= 0.6 is 12.2 Å². The summed E-state index contributed by atoms with van der Waals surface area (Å²) in [4.78, 5) is 8.06. The normalized spacial score (nSPS) is 13.3. The molecule has 0 saturated heterocycles. The second kappa shape index (κ2) is 15.3. The first-order chi connectivity index (χ1) is 17.4. The summed E-state index contributed by atoms with van der Waals surface area (Å²) < 4.78 is 65.7. The van der Waals surface area contributed by atoms with E-state index in [1.165, 1.54) is 70.4 Å². The van der Waals surface area contributed by atoms with Gasteiger partial charge >= 0.3 is 0 Å². The van der Waals surface area contributed by atoms with E-state index in [0.29, 0.717) is 33.7 Å². The first kappa shape index (κ1) is 31.8. The standard InChI is InChI=1S/C26H42N2O6S3/c1-3-4-5-6-7-8-9-10-11-12-13-14-21(35)19-22-24(37(32,33)34)17-16-23-26(22)28-25(27-23)18-15-20(2)36(29,30)31/h16-17,20H,3-15,18-19H2,1-2H3,(H,27,28)(H,29,30,31)(H,32,33,34). The minimum absolute atomic E-state index is 0.149. The average molecular weight is 575 g/mol. The maximum Gasteiger partial charge on any atom is 0.294 e. The van der Waals surface area contributed by atoms with E-state index in [0.717, 1.165) is 19.3 Å². The van der Waals surface area contributed by atoms with Crippen LogP contribution in [0.15, 0.2) is 17.0 Å². The van der Waals surface area contributed by atoms with Crippen molar-refractivity contribution in [1.82, 2.24) is 9.97 Å². The molecule has 210 valence electrons. The Morgan fingerprint density at radius 1 is 0.946 bits per heavy atom. The zero-order chi connectivity index (χ0) is 27.5. The van der Waals surface area contributed by atoms with Crippen LogP contribution in [0.4, 0.5) is 0 Å². The fraction of sp³-hybridized carbons (Fsp3) is 0.692. The molecule has 3 N–H and O–H groups in total. The average Bonchev–Trinajstić information content (AvgIpc) is 3.23. The summed E-state index contributed by atoms with van der Waals surface area (Å²) in [5.41, 5.74) is 1.32. The minimum Gasteiger partial charge on any atom is -0.342 e. The summed E-state index contributed by atoms with van der Waals surface area (Å²) in [5.74, 6) is 0.468. The van der Waals surface area contributed by atoms with Crippen LogP contribution < -0.4 is 0 Å². The van der Waals surface area contributed by atoms with Crippen molar-refractivity contribution in [2.45, 2.75) is 120 Å². The number of unbranched alkanes of at least 4 members (excludes halogenated alkanes) is 10. The Morgan fingerprint density at radius 3 is 2.05 bits per heavy atom. The van der Waals surface area contributed by atoms with E-state index >= 15 is 0 Å². The summed E-state index contributed by atoms with van der Waals surface area (Å²) in [6, 6.07) is 2.86. The number of aryl methyl sites for hydroxylation is 1. The first-order valence-corrected chi connectivity index (χ1v) is 16.7.